The lowest BCUT2D eigenvalue weighted by Crippen LogP contribution is -2.37. The van der Waals surface area contributed by atoms with Crippen molar-refractivity contribution in [3.63, 3.8) is 0 Å². The van der Waals surface area contributed by atoms with Crippen LogP contribution >= 0.6 is 12.2 Å². The van der Waals surface area contributed by atoms with Gasteiger partial charge in [0.1, 0.15) is 5.75 Å². The van der Waals surface area contributed by atoms with Gasteiger partial charge in [-0.15, -0.1) is 0 Å². The summed E-state index contributed by atoms with van der Waals surface area (Å²) in [5.74, 6) is 0.912. The molecule has 2 nitrogen and oxygen atoms in total. The van der Waals surface area contributed by atoms with Crippen LogP contribution < -0.4 is 4.74 Å². The van der Waals surface area contributed by atoms with E-state index < -0.39 is 0 Å². The van der Waals surface area contributed by atoms with E-state index in [0.29, 0.717) is 0 Å². The van der Waals surface area contributed by atoms with Crippen molar-refractivity contribution in [2.45, 2.75) is 19.3 Å². The van der Waals surface area contributed by atoms with Gasteiger partial charge in [0.05, 0.1) is 17.8 Å². The summed E-state index contributed by atoms with van der Waals surface area (Å²) in [4.78, 5) is 3.44. The number of hydrogen-bond acceptors (Lipinski definition) is 2. The van der Waals surface area contributed by atoms with Crippen LogP contribution in [0.2, 0.25) is 0 Å². The Morgan fingerprint density at radius 2 is 1.74 bits per heavy atom. The third-order valence-electron chi connectivity index (χ3n) is 5.75. The highest BCUT2D eigenvalue weighted by Gasteiger charge is 2.31. The Hall–Kier alpha value is -2.65. The molecule has 0 unspecified atom stereocenters. The monoisotopic (exact) mass is 371 g/mol. The Kier molecular flexibility index (Phi) is 3.98. The molecule has 3 aromatic rings. The van der Waals surface area contributed by atoms with Crippen molar-refractivity contribution >= 4 is 39.2 Å². The van der Waals surface area contributed by atoms with Crippen LogP contribution in [0, 0.1) is 0 Å². The van der Waals surface area contributed by atoms with Gasteiger partial charge in [0, 0.05) is 18.5 Å². The van der Waals surface area contributed by atoms with Crippen molar-refractivity contribution in [2.75, 3.05) is 13.7 Å². The maximum absolute atomic E-state index is 5.74. The first kappa shape index (κ1) is 16.5. The molecule has 3 aromatic carbocycles. The van der Waals surface area contributed by atoms with E-state index in [1.54, 1.807) is 7.11 Å². The highest BCUT2D eigenvalue weighted by molar-refractivity contribution is 7.80. The number of hydrogen-bond donors (Lipinski definition) is 0. The first-order chi connectivity index (χ1) is 13.3. The molecule has 3 heteroatoms. The fraction of sp³-hybridized carbons (Fsp3) is 0.208. The van der Waals surface area contributed by atoms with E-state index in [1.165, 1.54) is 38.7 Å². The molecule has 2 aliphatic rings. The Morgan fingerprint density at radius 1 is 0.926 bits per heavy atom. The van der Waals surface area contributed by atoms with Crippen molar-refractivity contribution in [1.29, 1.82) is 0 Å². The molecule has 0 spiro atoms. The summed E-state index contributed by atoms with van der Waals surface area (Å²) < 4.78 is 5.48. The van der Waals surface area contributed by atoms with Gasteiger partial charge in [-0.2, -0.15) is 0 Å². The third-order valence-corrected chi connectivity index (χ3v) is 6.17. The van der Waals surface area contributed by atoms with Crippen LogP contribution in [0.25, 0.3) is 22.0 Å². The maximum atomic E-state index is 5.74. The molecule has 0 bridgehead atoms. The normalized spacial score (nSPS) is 16.3. The zero-order valence-electron chi connectivity index (χ0n) is 15.4. The molecule has 0 atom stereocenters. The van der Waals surface area contributed by atoms with Crippen molar-refractivity contribution < 1.29 is 4.74 Å². The van der Waals surface area contributed by atoms with Crippen LogP contribution in [-0.2, 0) is 6.42 Å². The largest absolute Gasteiger partial charge is 0.497 e. The number of fused-ring (bicyclic) bond motifs is 5. The second kappa shape index (κ2) is 6.50. The summed E-state index contributed by atoms with van der Waals surface area (Å²) in [7, 11) is 1.73. The van der Waals surface area contributed by atoms with E-state index >= 15 is 0 Å². The van der Waals surface area contributed by atoms with Crippen molar-refractivity contribution in [3.05, 3.63) is 77.4 Å². The maximum Gasteiger partial charge on any atom is 0.119 e. The quantitative estimate of drug-likeness (QED) is 0.537. The van der Waals surface area contributed by atoms with Crippen LogP contribution in [0.15, 0.2) is 60.7 Å². The minimum absolute atomic E-state index is 0.912. The van der Waals surface area contributed by atoms with E-state index in [4.69, 9.17) is 17.0 Å². The summed E-state index contributed by atoms with van der Waals surface area (Å²) in [6.45, 7) is 0.952. The molecule has 0 aliphatic carbocycles. The number of methoxy groups -OCH3 is 1. The van der Waals surface area contributed by atoms with Gasteiger partial charge in [-0.3, -0.25) is 0 Å². The minimum atomic E-state index is 0.912. The second-order valence-corrected chi connectivity index (χ2v) is 7.64. The summed E-state index contributed by atoms with van der Waals surface area (Å²) in [6, 6.07) is 21.6. The standard InChI is InChI=1S/C24H21NOS/c1-26-18-9-7-17-8-10-21-20(22(17)15-18)13-14-25-23(27)12-11-19(24(21)25)16-5-3-2-4-6-16/h2-10,15H,11-14H2,1H3. The average Bonchev–Trinajstić information content (AvgIpc) is 2.73. The number of rotatable bonds is 2. The Labute approximate surface area is 165 Å². The van der Waals surface area contributed by atoms with Gasteiger partial charge < -0.3 is 9.64 Å². The number of nitrogens with zero attached hydrogens (tertiary/aromatic N) is 1. The second-order valence-electron chi connectivity index (χ2n) is 7.17. The SMILES string of the molecule is COc1ccc2ccc3c(c2c1)CCN1C(=S)CCC(c2ccccc2)=C31. The average molecular weight is 372 g/mol. The number of thiocarbonyl (C=S) groups is 1. The van der Waals surface area contributed by atoms with E-state index in [9.17, 15) is 0 Å². The lowest BCUT2D eigenvalue weighted by Gasteiger charge is -2.39. The lowest BCUT2D eigenvalue weighted by molar-refractivity contribution is 0.415. The Balaban J connectivity index is 1.79. The fourth-order valence-electron chi connectivity index (χ4n) is 4.44. The van der Waals surface area contributed by atoms with Crippen molar-refractivity contribution in [3.8, 4) is 5.75 Å². The number of ether oxygens (including phenoxy) is 1. The van der Waals surface area contributed by atoms with Crippen LogP contribution in [-0.4, -0.2) is 23.5 Å². The van der Waals surface area contributed by atoms with Crippen LogP contribution in [0.1, 0.15) is 29.5 Å². The first-order valence-corrected chi connectivity index (χ1v) is 9.86. The zero-order chi connectivity index (χ0) is 18.4. The predicted molar refractivity (Wildman–Crippen MR) is 116 cm³/mol. The lowest BCUT2D eigenvalue weighted by atomic mass is 9.84. The Bertz CT molecular complexity index is 1080. The molecule has 0 N–H and O–H groups in total. The highest BCUT2D eigenvalue weighted by atomic mass is 32.1. The van der Waals surface area contributed by atoms with E-state index in [-0.39, 0.29) is 0 Å². The molecule has 0 radical (unpaired) electrons. The number of allylic oxidation sites excluding steroid dienone is 1. The van der Waals surface area contributed by atoms with Crippen LogP contribution in [0.5, 0.6) is 5.75 Å². The van der Waals surface area contributed by atoms with E-state index in [1.807, 2.05) is 6.07 Å². The van der Waals surface area contributed by atoms with Crippen molar-refractivity contribution in [1.82, 2.24) is 4.90 Å². The zero-order valence-corrected chi connectivity index (χ0v) is 16.2. The van der Waals surface area contributed by atoms with Gasteiger partial charge in [-0.1, -0.05) is 60.7 Å². The molecule has 2 heterocycles. The molecular weight excluding hydrogens is 350 g/mol. The van der Waals surface area contributed by atoms with Gasteiger partial charge in [0.25, 0.3) is 0 Å². The molecule has 0 aromatic heterocycles. The molecule has 134 valence electrons. The van der Waals surface area contributed by atoms with Crippen molar-refractivity contribution in [2.24, 2.45) is 0 Å². The molecule has 0 saturated carbocycles. The summed E-state index contributed by atoms with van der Waals surface area (Å²) in [6.07, 6.45) is 2.97. The fourth-order valence-corrected chi connectivity index (χ4v) is 4.73. The Morgan fingerprint density at radius 3 is 2.56 bits per heavy atom. The van der Waals surface area contributed by atoms with Gasteiger partial charge in [-0.05, 0) is 52.4 Å². The summed E-state index contributed by atoms with van der Waals surface area (Å²) in [5, 5.41) is 2.56. The molecule has 5 rings (SSSR count). The van der Waals surface area contributed by atoms with Gasteiger partial charge in [-0.25, -0.2) is 0 Å². The molecule has 0 fully saturated rings. The highest BCUT2D eigenvalue weighted by Crippen LogP contribution is 2.43. The van der Waals surface area contributed by atoms with Gasteiger partial charge >= 0.3 is 0 Å². The third kappa shape index (κ3) is 2.65. The predicted octanol–water partition coefficient (Wildman–Crippen LogP) is 5.70. The molecule has 0 amide bonds. The molecule has 2 aliphatic heterocycles. The summed E-state index contributed by atoms with van der Waals surface area (Å²) >= 11 is 5.74. The smallest absolute Gasteiger partial charge is 0.119 e. The van der Waals surface area contributed by atoms with Crippen LogP contribution in [0.3, 0.4) is 0 Å². The van der Waals surface area contributed by atoms with E-state index in [0.717, 1.165) is 36.5 Å². The topological polar surface area (TPSA) is 12.5 Å². The molecule has 0 saturated heterocycles. The van der Waals surface area contributed by atoms with Crippen LogP contribution in [0.4, 0.5) is 0 Å². The molecule has 27 heavy (non-hydrogen) atoms. The number of benzene rings is 3. The first-order valence-electron chi connectivity index (χ1n) is 9.45. The van der Waals surface area contributed by atoms with Gasteiger partial charge in [0.2, 0.25) is 0 Å². The molecular formula is C24H21NOS. The minimum Gasteiger partial charge on any atom is -0.497 e. The summed E-state index contributed by atoms with van der Waals surface area (Å²) in [5.41, 5.74) is 6.76. The van der Waals surface area contributed by atoms with E-state index in [2.05, 4.69) is 59.5 Å². The van der Waals surface area contributed by atoms with Gasteiger partial charge in [0.15, 0.2) is 0 Å².